The van der Waals surface area contributed by atoms with Crippen LogP contribution >= 0.6 is 22.7 Å². The van der Waals surface area contributed by atoms with Crippen molar-refractivity contribution in [2.24, 2.45) is 0 Å². The van der Waals surface area contributed by atoms with Crippen LogP contribution in [0.1, 0.15) is 5.56 Å². The minimum absolute atomic E-state index is 0.157. The van der Waals surface area contributed by atoms with Crippen molar-refractivity contribution in [3.63, 3.8) is 0 Å². The van der Waals surface area contributed by atoms with Crippen LogP contribution in [0.15, 0.2) is 82.5 Å². The van der Waals surface area contributed by atoms with Gasteiger partial charge in [-0.1, -0.05) is 30.3 Å². The number of aromatic nitrogens is 3. The second-order valence-corrected chi connectivity index (χ2v) is 9.04. The summed E-state index contributed by atoms with van der Waals surface area (Å²) in [6.45, 7) is 0.148. The van der Waals surface area contributed by atoms with E-state index in [2.05, 4.69) is 9.97 Å². The number of rotatable bonds is 6. The predicted molar refractivity (Wildman–Crippen MR) is 129 cm³/mol. The van der Waals surface area contributed by atoms with Gasteiger partial charge < -0.3 is 0 Å². The number of thiazole rings is 1. The average molecular weight is 477 g/mol. The van der Waals surface area contributed by atoms with Crippen molar-refractivity contribution in [2.45, 2.75) is 13.1 Å². The third kappa shape index (κ3) is 4.46. The molecule has 0 N–H and O–H groups in total. The van der Waals surface area contributed by atoms with E-state index in [1.165, 1.54) is 45.7 Å². The monoisotopic (exact) mass is 476 g/mol. The molecule has 1 amide bonds. The molecule has 33 heavy (non-hydrogen) atoms. The number of amides is 1. The van der Waals surface area contributed by atoms with E-state index in [0.717, 1.165) is 11.1 Å². The summed E-state index contributed by atoms with van der Waals surface area (Å²) in [6, 6.07) is 17.4. The molecule has 0 saturated carbocycles. The predicted octanol–water partition coefficient (Wildman–Crippen LogP) is 4.95. The summed E-state index contributed by atoms with van der Waals surface area (Å²) < 4.78 is 14.6. The number of hydrogen-bond acceptors (Lipinski definition) is 6. The summed E-state index contributed by atoms with van der Waals surface area (Å²) in [5.74, 6) is -0.603. The molecule has 0 fully saturated rings. The molecular weight excluding hydrogens is 459 g/mol. The lowest BCUT2D eigenvalue weighted by Gasteiger charge is -2.20. The number of hydrogen-bond donors (Lipinski definition) is 0. The van der Waals surface area contributed by atoms with Gasteiger partial charge in [0, 0.05) is 10.9 Å². The summed E-state index contributed by atoms with van der Waals surface area (Å²) in [7, 11) is 0. The van der Waals surface area contributed by atoms with Crippen molar-refractivity contribution >= 4 is 43.9 Å². The fraction of sp³-hybridized carbons (Fsp3) is 0.0833. The van der Waals surface area contributed by atoms with Crippen molar-refractivity contribution in [1.29, 1.82) is 0 Å². The molecule has 5 rings (SSSR count). The van der Waals surface area contributed by atoms with Gasteiger partial charge in [0.1, 0.15) is 17.2 Å². The Labute approximate surface area is 196 Å². The van der Waals surface area contributed by atoms with Gasteiger partial charge in [-0.2, -0.15) is 0 Å². The molecule has 0 aliphatic rings. The third-order valence-corrected chi connectivity index (χ3v) is 6.79. The smallest absolute Gasteiger partial charge is 0.262 e. The van der Waals surface area contributed by atoms with Crippen molar-refractivity contribution in [3.8, 4) is 11.3 Å². The fourth-order valence-corrected chi connectivity index (χ4v) is 4.98. The lowest BCUT2D eigenvalue weighted by Crippen LogP contribution is -2.36. The van der Waals surface area contributed by atoms with E-state index in [1.54, 1.807) is 28.5 Å². The van der Waals surface area contributed by atoms with Gasteiger partial charge in [0.05, 0.1) is 24.0 Å². The minimum atomic E-state index is -0.322. The van der Waals surface area contributed by atoms with Crippen LogP contribution in [0.4, 0.5) is 9.52 Å². The summed E-state index contributed by atoms with van der Waals surface area (Å²) in [5, 5.41) is 4.64. The van der Waals surface area contributed by atoms with Gasteiger partial charge in [0.25, 0.3) is 5.56 Å². The Balaban J connectivity index is 1.47. The SMILES string of the molecule is O=C(Cn1cnc2sccc2c1=O)N(Cc1ccccc1)c1nc(-c2ccc(F)cc2)cs1. The standard InChI is InChI=1S/C24H17FN4O2S2/c25-18-8-6-17(7-9-18)20-14-33-24(27-20)29(12-16-4-2-1-3-5-16)21(30)13-28-15-26-22-19(23(28)31)10-11-32-22/h1-11,14-15H,12-13H2. The second kappa shape index (κ2) is 9.05. The number of anilines is 1. The number of halogens is 1. The maximum atomic E-state index is 13.4. The fourth-order valence-electron chi connectivity index (χ4n) is 3.41. The Morgan fingerprint density at radius 2 is 1.82 bits per heavy atom. The highest BCUT2D eigenvalue weighted by Gasteiger charge is 2.21. The average Bonchev–Trinajstić information content (AvgIpc) is 3.51. The van der Waals surface area contributed by atoms with E-state index in [9.17, 15) is 14.0 Å². The van der Waals surface area contributed by atoms with E-state index in [0.29, 0.717) is 27.6 Å². The Morgan fingerprint density at radius 3 is 2.61 bits per heavy atom. The highest BCUT2D eigenvalue weighted by molar-refractivity contribution is 7.16. The number of benzene rings is 2. The molecule has 6 nitrogen and oxygen atoms in total. The minimum Gasteiger partial charge on any atom is -0.289 e. The second-order valence-electron chi connectivity index (χ2n) is 7.30. The molecule has 5 aromatic rings. The molecule has 0 aliphatic heterocycles. The molecule has 9 heteroatoms. The molecule has 3 heterocycles. The molecular formula is C24H17FN4O2S2. The summed E-state index contributed by atoms with van der Waals surface area (Å²) in [6.07, 6.45) is 1.41. The molecule has 0 radical (unpaired) electrons. The first-order valence-corrected chi connectivity index (χ1v) is 11.8. The Morgan fingerprint density at radius 1 is 1.03 bits per heavy atom. The Kier molecular flexibility index (Phi) is 5.80. The lowest BCUT2D eigenvalue weighted by atomic mass is 10.2. The van der Waals surface area contributed by atoms with E-state index in [1.807, 2.05) is 35.7 Å². The molecule has 0 unspecified atom stereocenters. The summed E-state index contributed by atoms with van der Waals surface area (Å²) in [4.78, 5) is 37.3. The van der Waals surface area contributed by atoms with Crippen molar-refractivity contribution < 1.29 is 9.18 Å². The molecule has 2 aromatic carbocycles. The molecule has 3 aromatic heterocycles. The van der Waals surface area contributed by atoms with Gasteiger partial charge >= 0.3 is 0 Å². The van der Waals surface area contributed by atoms with Crippen LogP contribution in [-0.4, -0.2) is 20.4 Å². The first kappa shape index (κ1) is 21.2. The van der Waals surface area contributed by atoms with Crippen molar-refractivity contribution in [3.05, 3.63) is 99.5 Å². The van der Waals surface area contributed by atoms with Crippen LogP contribution in [-0.2, 0) is 17.9 Å². The highest BCUT2D eigenvalue weighted by atomic mass is 32.1. The summed E-state index contributed by atoms with van der Waals surface area (Å²) in [5.41, 5.74) is 2.09. The number of carbonyl (C=O) groups is 1. The van der Waals surface area contributed by atoms with E-state index >= 15 is 0 Å². The maximum absolute atomic E-state index is 13.4. The normalized spacial score (nSPS) is 11.1. The number of nitrogens with zero attached hydrogens (tertiary/aromatic N) is 4. The van der Waals surface area contributed by atoms with E-state index in [-0.39, 0.29) is 23.8 Å². The zero-order valence-electron chi connectivity index (χ0n) is 17.2. The largest absolute Gasteiger partial charge is 0.289 e. The zero-order valence-corrected chi connectivity index (χ0v) is 18.9. The van der Waals surface area contributed by atoms with E-state index < -0.39 is 0 Å². The van der Waals surface area contributed by atoms with Gasteiger partial charge in [-0.3, -0.25) is 19.1 Å². The number of thiophene rings is 1. The quantitative estimate of drug-likeness (QED) is 0.348. The molecule has 0 atom stereocenters. The number of fused-ring (bicyclic) bond motifs is 1. The van der Waals surface area contributed by atoms with Crippen LogP contribution in [0.2, 0.25) is 0 Å². The topological polar surface area (TPSA) is 68.1 Å². The van der Waals surface area contributed by atoms with Crippen molar-refractivity contribution in [1.82, 2.24) is 14.5 Å². The van der Waals surface area contributed by atoms with Crippen LogP contribution in [0.5, 0.6) is 0 Å². The van der Waals surface area contributed by atoms with E-state index in [4.69, 9.17) is 0 Å². The van der Waals surface area contributed by atoms with Gasteiger partial charge in [-0.25, -0.2) is 14.4 Å². The third-order valence-electron chi connectivity index (χ3n) is 5.10. The molecule has 164 valence electrons. The molecule has 0 spiro atoms. The van der Waals surface area contributed by atoms with Gasteiger partial charge in [0.15, 0.2) is 5.13 Å². The van der Waals surface area contributed by atoms with Gasteiger partial charge in [-0.15, -0.1) is 22.7 Å². The first-order valence-electron chi connectivity index (χ1n) is 10.1. The summed E-state index contributed by atoms with van der Waals surface area (Å²) >= 11 is 2.71. The van der Waals surface area contributed by atoms with Crippen molar-refractivity contribution in [2.75, 3.05) is 4.90 Å². The molecule has 0 saturated heterocycles. The van der Waals surface area contributed by atoms with Crippen LogP contribution in [0, 0.1) is 5.82 Å². The zero-order chi connectivity index (χ0) is 22.8. The Hall–Kier alpha value is -3.69. The Bertz CT molecular complexity index is 1480. The first-order chi connectivity index (χ1) is 16.1. The lowest BCUT2D eigenvalue weighted by molar-refractivity contribution is -0.119. The maximum Gasteiger partial charge on any atom is 0.262 e. The van der Waals surface area contributed by atoms with Gasteiger partial charge in [-0.05, 0) is 41.3 Å². The van der Waals surface area contributed by atoms with Crippen LogP contribution in [0.3, 0.4) is 0 Å². The van der Waals surface area contributed by atoms with Crippen LogP contribution < -0.4 is 10.5 Å². The van der Waals surface area contributed by atoms with Gasteiger partial charge in [0.2, 0.25) is 5.91 Å². The molecule has 0 aliphatic carbocycles. The van der Waals surface area contributed by atoms with Crippen LogP contribution in [0.25, 0.3) is 21.5 Å². The molecule has 0 bridgehead atoms. The highest BCUT2D eigenvalue weighted by Crippen LogP contribution is 2.29. The number of carbonyl (C=O) groups excluding carboxylic acids is 1.